The van der Waals surface area contributed by atoms with Crippen LogP contribution in [0.15, 0.2) is 0 Å². The van der Waals surface area contributed by atoms with Crippen molar-refractivity contribution in [1.82, 2.24) is 4.90 Å². The van der Waals surface area contributed by atoms with Crippen molar-refractivity contribution in [2.24, 2.45) is 5.73 Å². The number of carbonyl (C=O) groups is 1. The number of nitrogens with zero attached hydrogens (tertiary/aromatic N) is 1. The van der Waals surface area contributed by atoms with Crippen LogP contribution in [-0.2, 0) is 14.3 Å². The molecule has 0 saturated carbocycles. The number of morpholine rings is 1. The Balaban J connectivity index is 1.90. The van der Waals surface area contributed by atoms with Crippen LogP contribution < -0.4 is 5.73 Å². The molecule has 2 heterocycles. The van der Waals surface area contributed by atoms with E-state index in [2.05, 4.69) is 0 Å². The third-order valence-electron chi connectivity index (χ3n) is 3.02. The Kier molecular flexibility index (Phi) is 3.23. The maximum atomic E-state index is 11.9. The second-order valence-corrected chi connectivity index (χ2v) is 4.26. The summed E-state index contributed by atoms with van der Waals surface area (Å²) in [5.74, 6) is -0.0166. The minimum atomic E-state index is -0.535. The zero-order valence-electron chi connectivity index (χ0n) is 9.02. The second-order valence-electron chi connectivity index (χ2n) is 4.26. The molecule has 0 aromatic rings. The van der Waals surface area contributed by atoms with Gasteiger partial charge in [0.25, 0.3) is 0 Å². The van der Waals surface area contributed by atoms with E-state index < -0.39 is 6.04 Å². The van der Waals surface area contributed by atoms with E-state index in [9.17, 15) is 4.79 Å². The Hall–Kier alpha value is -0.650. The van der Waals surface area contributed by atoms with Gasteiger partial charge in [0.15, 0.2) is 0 Å². The van der Waals surface area contributed by atoms with E-state index in [1.807, 2.05) is 4.90 Å². The molecule has 5 nitrogen and oxygen atoms in total. The van der Waals surface area contributed by atoms with Crippen molar-refractivity contribution >= 4 is 5.91 Å². The highest BCUT2D eigenvalue weighted by molar-refractivity contribution is 5.82. The summed E-state index contributed by atoms with van der Waals surface area (Å²) < 4.78 is 10.5. The first-order valence-corrected chi connectivity index (χ1v) is 5.39. The summed E-state index contributed by atoms with van der Waals surface area (Å²) in [6, 6.07) is -0.535. The highest BCUT2D eigenvalue weighted by Gasteiger charge is 2.36. The van der Waals surface area contributed by atoms with E-state index >= 15 is 0 Å². The molecule has 0 aromatic carbocycles. The Labute approximate surface area is 89.5 Å². The molecule has 2 aliphatic heterocycles. The molecule has 15 heavy (non-hydrogen) atoms. The molecule has 2 N–H and O–H groups in total. The number of hydrogen-bond donors (Lipinski definition) is 1. The molecule has 86 valence electrons. The van der Waals surface area contributed by atoms with Crippen molar-refractivity contribution in [1.29, 1.82) is 0 Å². The highest BCUT2D eigenvalue weighted by Crippen LogP contribution is 2.26. The Morgan fingerprint density at radius 2 is 2.13 bits per heavy atom. The van der Waals surface area contributed by atoms with Crippen LogP contribution in [0.4, 0.5) is 0 Å². The average Bonchev–Trinajstić information content (AvgIpc) is 2.57. The quantitative estimate of drug-likeness (QED) is 0.678. The van der Waals surface area contributed by atoms with Crippen molar-refractivity contribution in [3.63, 3.8) is 0 Å². The molecule has 2 bridgehead atoms. The number of rotatable bonds is 3. The van der Waals surface area contributed by atoms with Gasteiger partial charge >= 0.3 is 0 Å². The fourth-order valence-electron chi connectivity index (χ4n) is 2.28. The van der Waals surface area contributed by atoms with E-state index in [1.54, 1.807) is 7.11 Å². The predicted octanol–water partition coefficient (Wildman–Crippen LogP) is -0.650. The van der Waals surface area contributed by atoms with Crippen LogP contribution in [0.1, 0.15) is 12.8 Å². The summed E-state index contributed by atoms with van der Waals surface area (Å²) in [4.78, 5) is 13.7. The number of ether oxygens (including phenoxy) is 2. The van der Waals surface area contributed by atoms with E-state index in [0.29, 0.717) is 13.1 Å². The largest absolute Gasteiger partial charge is 0.383 e. The van der Waals surface area contributed by atoms with Gasteiger partial charge in [0.2, 0.25) is 5.91 Å². The molecular formula is C10H18N2O3. The minimum absolute atomic E-state index is 0.0166. The number of carbonyl (C=O) groups excluding carboxylic acids is 1. The molecule has 0 aromatic heterocycles. The summed E-state index contributed by atoms with van der Waals surface area (Å²) in [6.45, 7) is 1.66. The standard InChI is InChI=1S/C10H18N2O3/c1-14-6-9(11)10(13)12-4-7-2-3-8(5-12)15-7/h7-9H,2-6,11H2,1H3. The van der Waals surface area contributed by atoms with Gasteiger partial charge in [0.1, 0.15) is 6.04 Å². The van der Waals surface area contributed by atoms with Gasteiger partial charge in [-0.25, -0.2) is 0 Å². The number of amides is 1. The first kappa shape index (κ1) is 10.9. The van der Waals surface area contributed by atoms with Crippen molar-refractivity contribution in [2.45, 2.75) is 31.1 Å². The summed E-state index contributed by atoms with van der Waals surface area (Å²) in [7, 11) is 1.55. The lowest BCUT2D eigenvalue weighted by atomic mass is 10.2. The Morgan fingerprint density at radius 1 is 1.53 bits per heavy atom. The molecule has 3 unspecified atom stereocenters. The van der Waals surface area contributed by atoms with Gasteiger partial charge in [-0.1, -0.05) is 0 Å². The SMILES string of the molecule is COCC(N)C(=O)N1CC2CCC(C1)O2. The maximum Gasteiger partial charge on any atom is 0.242 e. The van der Waals surface area contributed by atoms with E-state index in [4.69, 9.17) is 15.2 Å². The van der Waals surface area contributed by atoms with Crippen LogP contribution in [-0.4, -0.2) is 55.9 Å². The monoisotopic (exact) mass is 214 g/mol. The van der Waals surface area contributed by atoms with Gasteiger partial charge in [-0.05, 0) is 12.8 Å². The van der Waals surface area contributed by atoms with E-state index in [-0.39, 0.29) is 24.7 Å². The Morgan fingerprint density at radius 3 is 2.67 bits per heavy atom. The number of likely N-dealkylation sites (tertiary alicyclic amines) is 1. The Bertz CT molecular complexity index is 235. The van der Waals surface area contributed by atoms with Gasteiger partial charge in [-0.3, -0.25) is 4.79 Å². The summed E-state index contributed by atoms with van der Waals surface area (Å²) in [5, 5.41) is 0. The van der Waals surface area contributed by atoms with E-state index in [0.717, 1.165) is 12.8 Å². The lowest BCUT2D eigenvalue weighted by Gasteiger charge is -2.33. The number of nitrogens with two attached hydrogens (primary N) is 1. The zero-order chi connectivity index (χ0) is 10.8. The van der Waals surface area contributed by atoms with Crippen molar-refractivity contribution < 1.29 is 14.3 Å². The average molecular weight is 214 g/mol. The van der Waals surface area contributed by atoms with Crippen LogP contribution in [0.5, 0.6) is 0 Å². The third-order valence-corrected chi connectivity index (χ3v) is 3.02. The van der Waals surface area contributed by atoms with Crippen molar-refractivity contribution in [3.8, 4) is 0 Å². The molecule has 1 amide bonds. The van der Waals surface area contributed by atoms with Gasteiger partial charge in [-0.2, -0.15) is 0 Å². The molecule has 2 aliphatic rings. The summed E-state index contributed by atoms with van der Waals surface area (Å²) in [5.41, 5.74) is 5.71. The fourth-order valence-corrected chi connectivity index (χ4v) is 2.28. The fraction of sp³-hybridized carbons (Fsp3) is 0.900. The molecule has 3 atom stereocenters. The van der Waals surface area contributed by atoms with Crippen LogP contribution >= 0.6 is 0 Å². The smallest absolute Gasteiger partial charge is 0.242 e. The topological polar surface area (TPSA) is 64.8 Å². The molecule has 0 aliphatic carbocycles. The van der Waals surface area contributed by atoms with E-state index in [1.165, 1.54) is 0 Å². The van der Waals surface area contributed by atoms with Crippen LogP contribution in [0.25, 0.3) is 0 Å². The van der Waals surface area contributed by atoms with Crippen molar-refractivity contribution in [2.75, 3.05) is 26.8 Å². The van der Waals surface area contributed by atoms with Gasteiger partial charge in [0.05, 0.1) is 18.8 Å². The number of methoxy groups -OCH3 is 1. The first-order valence-electron chi connectivity index (χ1n) is 5.39. The molecule has 5 heteroatoms. The van der Waals surface area contributed by atoms with Gasteiger partial charge < -0.3 is 20.1 Å². The lowest BCUT2D eigenvalue weighted by molar-refractivity contribution is -0.142. The molecular weight excluding hydrogens is 196 g/mol. The highest BCUT2D eigenvalue weighted by atomic mass is 16.5. The van der Waals surface area contributed by atoms with Crippen LogP contribution in [0.3, 0.4) is 0 Å². The molecule has 2 saturated heterocycles. The van der Waals surface area contributed by atoms with Gasteiger partial charge in [-0.15, -0.1) is 0 Å². The van der Waals surface area contributed by atoms with Crippen molar-refractivity contribution in [3.05, 3.63) is 0 Å². The molecule has 0 spiro atoms. The minimum Gasteiger partial charge on any atom is -0.383 e. The summed E-state index contributed by atoms with van der Waals surface area (Å²) >= 11 is 0. The molecule has 0 radical (unpaired) electrons. The number of hydrogen-bond acceptors (Lipinski definition) is 4. The summed E-state index contributed by atoms with van der Waals surface area (Å²) in [6.07, 6.45) is 2.58. The van der Waals surface area contributed by atoms with Crippen LogP contribution in [0.2, 0.25) is 0 Å². The maximum absolute atomic E-state index is 11.9. The normalized spacial score (nSPS) is 31.7. The third kappa shape index (κ3) is 2.30. The van der Waals surface area contributed by atoms with Gasteiger partial charge in [0, 0.05) is 20.2 Å². The second kappa shape index (κ2) is 4.47. The molecule has 2 fully saturated rings. The first-order chi connectivity index (χ1) is 7.20. The zero-order valence-corrected chi connectivity index (χ0v) is 9.02. The van der Waals surface area contributed by atoms with Crippen LogP contribution in [0, 0.1) is 0 Å². The lowest BCUT2D eigenvalue weighted by Crippen LogP contribution is -2.52. The predicted molar refractivity (Wildman–Crippen MR) is 54.3 cm³/mol. The number of fused-ring (bicyclic) bond motifs is 2. The molecule has 2 rings (SSSR count).